The molecule has 0 spiro atoms. The molecule has 1 heterocycles. The van der Waals surface area contributed by atoms with Crippen LogP contribution in [-0.4, -0.2) is 33.0 Å². The van der Waals surface area contributed by atoms with Gasteiger partial charge in [0.2, 0.25) is 0 Å². The van der Waals surface area contributed by atoms with Crippen molar-refractivity contribution >= 4 is 32.4 Å². The van der Waals surface area contributed by atoms with Crippen molar-refractivity contribution in [2.24, 2.45) is 4.36 Å². The highest BCUT2D eigenvalue weighted by Gasteiger charge is 2.19. The van der Waals surface area contributed by atoms with E-state index in [4.69, 9.17) is 4.74 Å². The van der Waals surface area contributed by atoms with Crippen molar-refractivity contribution in [2.75, 3.05) is 12.5 Å². The fourth-order valence-electron chi connectivity index (χ4n) is 1.94. The fourth-order valence-corrected chi connectivity index (χ4v) is 2.57. The van der Waals surface area contributed by atoms with Crippen molar-refractivity contribution in [3.05, 3.63) is 30.5 Å². The van der Waals surface area contributed by atoms with Gasteiger partial charge in [-0.05, 0) is 39.0 Å². The maximum absolute atomic E-state index is 12.2. The highest BCUT2D eigenvalue weighted by Crippen LogP contribution is 2.28. The zero-order valence-corrected chi connectivity index (χ0v) is 13.7. The molecule has 0 unspecified atom stereocenters. The van der Waals surface area contributed by atoms with E-state index >= 15 is 0 Å². The molecule has 5 nitrogen and oxygen atoms in total. The molecule has 0 saturated heterocycles. The van der Waals surface area contributed by atoms with E-state index in [-0.39, 0.29) is 0 Å². The van der Waals surface area contributed by atoms with Crippen LogP contribution in [0.5, 0.6) is 0 Å². The Labute approximate surface area is 125 Å². The first-order chi connectivity index (χ1) is 9.57. The lowest BCUT2D eigenvalue weighted by molar-refractivity contribution is 0.0544. The Balaban J connectivity index is 2.54. The van der Waals surface area contributed by atoms with Crippen LogP contribution >= 0.6 is 0 Å². The van der Waals surface area contributed by atoms with Gasteiger partial charge >= 0.3 is 6.09 Å². The number of nitrogens with zero attached hydrogens (tertiary/aromatic N) is 2. The molecule has 2 aromatic rings. The minimum Gasteiger partial charge on any atom is -0.443 e. The van der Waals surface area contributed by atoms with E-state index in [2.05, 4.69) is 4.36 Å². The summed E-state index contributed by atoms with van der Waals surface area (Å²) in [4.78, 5) is 12.2. The number of carbonyl (C=O) groups is 1. The molecule has 114 valence electrons. The van der Waals surface area contributed by atoms with E-state index in [9.17, 15) is 9.00 Å². The summed E-state index contributed by atoms with van der Waals surface area (Å²) in [7, 11) is -2.26. The molecule has 6 heteroatoms. The van der Waals surface area contributed by atoms with Gasteiger partial charge in [-0.1, -0.05) is 6.07 Å². The summed E-state index contributed by atoms with van der Waals surface area (Å²) >= 11 is 0. The number of aromatic nitrogens is 1. The third-order valence-electron chi connectivity index (χ3n) is 2.62. The summed E-state index contributed by atoms with van der Waals surface area (Å²) in [6.45, 7) is 5.46. The van der Waals surface area contributed by atoms with E-state index in [0.717, 1.165) is 5.39 Å². The number of rotatable bonds is 1. The van der Waals surface area contributed by atoms with Crippen molar-refractivity contribution in [3.63, 3.8) is 0 Å². The minimum atomic E-state index is -2.26. The van der Waals surface area contributed by atoms with Gasteiger partial charge in [0.1, 0.15) is 5.60 Å². The third-order valence-corrected chi connectivity index (χ3v) is 3.25. The lowest BCUT2D eigenvalue weighted by Gasteiger charge is -2.19. The molecular formula is C15H20N2O3S. The van der Waals surface area contributed by atoms with E-state index in [0.29, 0.717) is 11.2 Å². The highest BCUT2D eigenvalue weighted by molar-refractivity contribution is 7.92. The molecule has 2 rings (SSSR count). The normalized spacial score (nSPS) is 12.4. The van der Waals surface area contributed by atoms with Crippen molar-refractivity contribution in [2.45, 2.75) is 26.4 Å². The third kappa shape index (κ3) is 3.85. The van der Waals surface area contributed by atoms with E-state index in [1.54, 1.807) is 36.9 Å². The second-order valence-corrected chi connectivity index (χ2v) is 8.69. The zero-order valence-electron chi connectivity index (χ0n) is 12.9. The summed E-state index contributed by atoms with van der Waals surface area (Å²) in [6.07, 6.45) is 4.36. The number of hydrogen-bond acceptors (Lipinski definition) is 4. The molecule has 1 aromatic heterocycles. The molecule has 0 amide bonds. The van der Waals surface area contributed by atoms with Gasteiger partial charge < -0.3 is 4.74 Å². The number of hydrogen-bond donors (Lipinski definition) is 0. The second kappa shape index (κ2) is 5.18. The summed E-state index contributed by atoms with van der Waals surface area (Å²) in [5, 5.41) is 0.778. The molecule has 0 N–H and O–H groups in total. The predicted molar refractivity (Wildman–Crippen MR) is 85.6 cm³/mol. The molecule has 0 aliphatic heterocycles. The molecule has 0 aliphatic rings. The van der Waals surface area contributed by atoms with Gasteiger partial charge in [0.25, 0.3) is 0 Å². The Morgan fingerprint density at radius 2 is 1.90 bits per heavy atom. The minimum absolute atomic E-state index is 0.441. The standard InChI is InChI=1S/C15H20N2O3S/c1-15(2,3)20-14(18)17-10-9-11-12(16-21(4,5)19)7-6-8-13(11)17/h6-10H,1-5H3. The van der Waals surface area contributed by atoms with Crippen molar-refractivity contribution in [3.8, 4) is 0 Å². The fraction of sp³-hybridized carbons (Fsp3) is 0.400. The first-order valence-corrected chi connectivity index (χ1v) is 8.90. The maximum Gasteiger partial charge on any atom is 0.418 e. The van der Waals surface area contributed by atoms with Gasteiger partial charge in [0.15, 0.2) is 0 Å². The van der Waals surface area contributed by atoms with Gasteiger partial charge in [0, 0.05) is 33.8 Å². The van der Waals surface area contributed by atoms with Crippen LogP contribution in [0, 0.1) is 0 Å². The molecule has 0 aliphatic carbocycles. The molecule has 0 bridgehead atoms. The first-order valence-electron chi connectivity index (χ1n) is 6.57. The van der Waals surface area contributed by atoms with Crippen LogP contribution in [0.25, 0.3) is 10.9 Å². The van der Waals surface area contributed by atoms with Gasteiger partial charge in [-0.15, -0.1) is 0 Å². The molecule has 0 fully saturated rings. The zero-order chi connectivity index (χ0) is 15.8. The average molecular weight is 308 g/mol. The largest absolute Gasteiger partial charge is 0.443 e. The van der Waals surface area contributed by atoms with E-state index in [1.165, 1.54) is 4.57 Å². The van der Waals surface area contributed by atoms with Gasteiger partial charge in [-0.2, -0.15) is 4.36 Å². The predicted octanol–water partition coefficient (Wildman–Crippen LogP) is 3.78. The Kier molecular flexibility index (Phi) is 3.84. The topological polar surface area (TPSA) is 60.7 Å². The smallest absolute Gasteiger partial charge is 0.418 e. The van der Waals surface area contributed by atoms with Crippen LogP contribution in [0.3, 0.4) is 0 Å². The quantitative estimate of drug-likeness (QED) is 0.805. The van der Waals surface area contributed by atoms with E-state index < -0.39 is 21.4 Å². The van der Waals surface area contributed by atoms with Crippen LogP contribution in [-0.2, 0) is 14.5 Å². The lowest BCUT2D eigenvalue weighted by Crippen LogP contribution is -2.26. The summed E-state index contributed by atoms with van der Waals surface area (Å²) in [6, 6.07) is 7.16. The SMILES string of the molecule is CC(C)(C)OC(=O)n1ccc2c(N=S(C)(C)=O)cccc21. The monoisotopic (exact) mass is 308 g/mol. The Morgan fingerprint density at radius 1 is 1.24 bits per heavy atom. The van der Waals surface area contributed by atoms with Crippen molar-refractivity contribution in [1.29, 1.82) is 0 Å². The highest BCUT2D eigenvalue weighted by atomic mass is 32.2. The van der Waals surface area contributed by atoms with Crippen LogP contribution in [0.15, 0.2) is 34.8 Å². The number of fused-ring (bicyclic) bond motifs is 1. The number of ether oxygens (including phenoxy) is 1. The number of benzene rings is 1. The van der Waals surface area contributed by atoms with Crippen LogP contribution in [0.1, 0.15) is 20.8 Å². The van der Waals surface area contributed by atoms with Crippen molar-refractivity contribution in [1.82, 2.24) is 4.57 Å². The number of carbonyl (C=O) groups excluding carboxylic acids is 1. The van der Waals surface area contributed by atoms with Gasteiger partial charge in [0.05, 0.1) is 11.2 Å². The molecule has 0 atom stereocenters. The van der Waals surface area contributed by atoms with Crippen molar-refractivity contribution < 1.29 is 13.7 Å². The molecular weight excluding hydrogens is 288 g/mol. The molecule has 1 aromatic carbocycles. The average Bonchev–Trinajstić information content (AvgIpc) is 2.69. The summed E-state index contributed by atoms with van der Waals surface area (Å²) in [5.74, 6) is 0. The van der Waals surface area contributed by atoms with Crippen LogP contribution in [0.4, 0.5) is 10.5 Å². The molecule has 0 saturated carbocycles. The maximum atomic E-state index is 12.2. The van der Waals surface area contributed by atoms with Gasteiger partial charge in [-0.3, -0.25) is 4.57 Å². The van der Waals surface area contributed by atoms with E-state index in [1.807, 2.05) is 26.8 Å². The van der Waals surface area contributed by atoms with Crippen LogP contribution in [0.2, 0.25) is 0 Å². The van der Waals surface area contributed by atoms with Crippen LogP contribution < -0.4 is 0 Å². The first kappa shape index (κ1) is 15.6. The Hall–Kier alpha value is -1.82. The van der Waals surface area contributed by atoms with Gasteiger partial charge in [-0.25, -0.2) is 9.00 Å². The Bertz CT molecular complexity index is 798. The molecule has 21 heavy (non-hydrogen) atoms. The molecule has 0 radical (unpaired) electrons. The summed E-state index contributed by atoms with van der Waals surface area (Å²) in [5.41, 5.74) is 0.746. The lowest BCUT2D eigenvalue weighted by atomic mass is 10.2. The second-order valence-electron chi connectivity index (χ2n) is 6.15. The Morgan fingerprint density at radius 3 is 2.48 bits per heavy atom. The summed E-state index contributed by atoms with van der Waals surface area (Å²) < 4.78 is 22.9.